The molecule has 16 heavy (non-hydrogen) atoms. The number of nitrogens with zero attached hydrogens (tertiary/aromatic N) is 1. The summed E-state index contributed by atoms with van der Waals surface area (Å²) in [6.07, 6.45) is 5.04. The Kier molecular flexibility index (Phi) is 4.94. The van der Waals surface area contributed by atoms with Gasteiger partial charge in [-0.25, -0.2) is 0 Å². The first-order chi connectivity index (χ1) is 7.66. The topological polar surface area (TPSA) is 33.1 Å². The van der Waals surface area contributed by atoms with E-state index in [1.807, 2.05) is 18.2 Å². The number of aryl methyl sites for hydroxylation is 1. The summed E-state index contributed by atoms with van der Waals surface area (Å²) in [7, 11) is 0. The predicted octanol–water partition coefficient (Wildman–Crippen LogP) is 3.43. The molecule has 1 aliphatic carbocycles. The van der Waals surface area contributed by atoms with E-state index in [9.17, 15) is 5.11 Å². The maximum atomic E-state index is 10.0. The van der Waals surface area contributed by atoms with Crippen LogP contribution in [0, 0.1) is 0 Å². The van der Waals surface area contributed by atoms with Crippen molar-refractivity contribution in [2.75, 3.05) is 0 Å². The zero-order chi connectivity index (χ0) is 12.0. The monoisotopic (exact) mass is 221 g/mol. The molecule has 2 nitrogen and oxygen atoms in total. The molecule has 0 radical (unpaired) electrons. The van der Waals surface area contributed by atoms with Crippen molar-refractivity contribution in [3.05, 3.63) is 29.6 Å². The molecule has 1 fully saturated rings. The molecule has 1 heterocycles. The van der Waals surface area contributed by atoms with Gasteiger partial charge in [0.1, 0.15) is 5.60 Å². The molecule has 0 bridgehead atoms. The average Bonchev–Trinajstić information content (AvgIpc) is 2.27. The van der Waals surface area contributed by atoms with Crippen molar-refractivity contribution in [2.24, 2.45) is 0 Å². The molecular formula is C14H23NO. The summed E-state index contributed by atoms with van der Waals surface area (Å²) in [5, 5.41) is 10.0. The molecular weight excluding hydrogens is 198 g/mol. The lowest BCUT2D eigenvalue weighted by atomic mass is 9.77. The molecule has 0 aliphatic heterocycles. The van der Waals surface area contributed by atoms with Gasteiger partial charge in [-0.2, -0.15) is 0 Å². The first-order valence-corrected chi connectivity index (χ1v) is 6.35. The van der Waals surface area contributed by atoms with E-state index in [-0.39, 0.29) is 0 Å². The van der Waals surface area contributed by atoms with Gasteiger partial charge in [0.2, 0.25) is 0 Å². The molecule has 0 amide bonds. The zero-order valence-electron chi connectivity index (χ0n) is 10.7. The second kappa shape index (κ2) is 6.00. The minimum Gasteiger partial charge on any atom is -0.384 e. The minimum absolute atomic E-state index is 0.606. The summed E-state index contributed by atoms with van der Waals surface area (Å²) in [5.41, 5.74) is 1.32. The average molecular weight is 221 g/mol. The fourth-order valence-electron chi connectivity index (χ4n) is 1.70. The second-order valence-electron chi connectivity index (χ2n) is 4.46. The molecule has 2 rings (SSSR count). The van der Waals surface area contributed by atoms with E-state index in [0.717, 1.165) is 37.1 Å². The van der Waals surface area contributed by atoms with E-state index in [1.54, 1.807) is 0 Å². The Bertz CT molecular complexity index is 318. The highest BCUT2D eigenvalue weighted by Gasteiger charge is 2.37. The second-order valence-corrected chi connectivity index (χ2v) is 4.46. The largest absolute Gasteiger partial charge is 0.384 e. The molecule has 0 unspecified atom stereocenters. The molecule has 90 valence electrons. The van der Waals surface area contributed by atoms with Crippen LogP contribution in [-0.2, 0) is 12.0 Å². The highest BCUT2D eigenvalue weighted by atomic mass is 16.3. The van der Waals surface area contributed by atoms with E-state index >= 15 is 0 Å². The van der Waals surface area contributed by atoms with Crippen LogP contribution in [0.25, 0.3) is 0 Å². The fraction of sp³-hybridized carbons (Fsp3) is 0.643. The van der Waals surface area contributed by atoms with Crippen molar-refractivity contribution in [1.82, 2.24) is 4.98 Å². The highest BCUT2D eigenvalue weighted by Crippen LogP contribution is 2.39. The van der Waals surface area contributed by atoms with Crippen LogP contribution < -0.4 is 0 Å². The van der Waals surface area contributed by atoms with Gasteiger partial charge in [0.15, 0.2) is 0 Å². The van der Waals surface area contributed by atoms with Crippen LogP contribution in [0.15, 0.2) is 18.2 Å². The minimum atomic E-state index is -0.606. The Morgan fingerprint density at radius 2 is 1.88 bits per heavy atom. The van der Waals surface area contributed by atoms with Gasteiger partial charge in [-0.05, 0) is 37.8 Å². The van der Waals surface area contributed by atoms with Crippen molar-refractivity contribution in [2.45, 2.75) is 58.5 Å². The van der Waals surface area contributed by atoms with E-state index < -0.39 is 5.60 Å². The van der Waals surface area contributed by atoms with Crippen LogP contribution in [0.3, 0.4) is 0 Å². The summed E-state index contributed by atoms with van der Waals surface area (Å²) in [6.45, 7) is 6.33. The van der Waals surface area contributed by atoms with E-state index in [4.69, 9.17) is 0 Å². The number of aromatic nitrogens is 1. The van der Waals surface area contributed by atoms with Gasteiger partial charge in [-0.3, -0.25) is 4.98 Å². The van der Waals surface area contributed by atoms with Crippen LogP contribution in [-0.4, -0.2) is 10.1 Å². The van der Waals surface area contributed by atoms with Crippen molar-refractivity contribution in [3.8, 4) is 0 Å². The predicted molar refractivity (Wildman–Crippen MR) is 67.3 cm³/mol. The summed E-state index contributed by atoms with van der Waals surface area (Å²) < 4.78 is 0. The lowest BCUT2D eigenvalue weighted by Gasteiger charge is -2.36. The van der Waals surface area contributed by atoms with Crippen molar-refractivity contribution < 1.29 is 5.11 Å². The molecule has 1 saturated carbocycles. The molecule has 0 aromatic carbocycles. The highest BCUT2D eigenvalue weighted by molar-refractivity contribution is 5.19. The van der Waals surface area contributed by atoms with Crippen molar-refractivity contribution >= 4 is 0 Å². The van der Waals surface area contributed by atoms with Crippen LogP contribution in [0.5, 0.6) is 0 Å². The van der Waals surface area contributed by atoms with Gasteiger partial charge in [-0.1, -0.05) is 33.3 Å². The van der Waals surface area contributed by atoms with Gasteiger partial charge in [0.25, 0.3) is 0 Å². The molecule has 2 heteroatoms. The van der Waals surface area contributed by atoms with Crippen LogP contribution in [0.1, 0.15) is 57.8 Å². The van der Waals surface area contributed by atoms with Crippen LogP contribution >= 0.6 is 0 Å². The fourth-order valence-corrected chi connectivity index (χ4v) is 1.70. The first-order valence-electron chi connectivity index (χ1n) is 6.35. The lowest BCUT2D eigenvalue weighted by Crippen LogP contribution is -2.34. The van der Waals surface area contributed by atoms with Crippen LogP contribution in [0.4, 0.5) is 0 Å². The van der Waals surface area contributed by atoms with Gasteiger partial charge in [-0.15, -0.1) is 0 Å². The normalized spacial score (nSPS) is 17.0. The standard InChI is InChI=1S/C11H15NO.C3H8/c1-2-9-5-3-6-10(12-9)11(13)7-4-8-11;1-3-2/h3,5-6,13H,2,4,7-8H2,1H3;3H2,1-2H3. The third-order valence-electron chi connectivity index (χ3n) is 2.83. The zero-order valence-corrected chi connectivity index (χ0v) is 10.7. The third kappa shape index (κ3) is 3.05. The Balaban J connectivity index is 0.000000386. The molecule has 1 aromatic heterocycles. The molecule has 0 spiro atoms. The number of hydrogen-bond donors (Lipinski definition) is 1. The summed E-state index contributed by atoms with van der Waals surface area (Å²) in [4.78, 5) is 4.44. The van der Waals surface area contributed by atoms with Gasteiger partial charge in [0.05, 0.1) is 5.69 Å². The molecule has 0 saturated heterocycles. The third-order valence-corrected chi connectivity index (χ3v) is 2.83. The molecule has 1 N–H and O–H groups in total. The Labute approximate surface area is 98.7 Å². The summed E-state index contributed by atoms with van der Waals surface area (Å²) in [6, 6.07) is 5.92. The first kappa shape index (κ1) is 13.2. The smallest absolute Gasteiger partial charge is 0.106 e. The summed E-state index contributed by atoms with van der Waals surface area (Å²) >= 11 is 0. The van der Waals surface area contributed by atoms with Gasteiger partial charge in [0, 0.05) is 5.69 Å². The Morgan fingerprint density at radius 3 is 2.31 bits per heavy atom. The quantitative estimate of drug-likeness (QED) is 0.830. The van der Waals surface area contributed by atoms with E-state index in [1.165, 1.54) is 6.42 Å². The van der Waals surface area contributed by atoms with E-state index in [2.05, 4.69) is 25.8 Å². The lowest BCUT2D eigenvalue weighted by molar-refractivity contribution is -0.0427. The number of pyridine rings is 1. The maximum Gasteiger partial charge on any atom is 0.106 e. The van der Waals surface area contributed by atoms with Gasteiger partial charge < -0.3 is 5.11 Å². The Hall–Kier alpha value is -0.890. The Morgan fingerprint density at radius 1 is 1.25 bits per heavy atom. The number of hydrogen-bond acceptors (Lipinski definition) is 2. The van der Waals surface area contributed by atoms with Gasteiger partial charge >= 0.3 is 0 Å². The van der Waals surface area contributed by atoms with Crippen LogP contribution in [0.2, 0.25) is 0 Å². The summed E-state index contributed by atoms with van der Waals surface area (Å²) in [5.74, 6) is 0. The molecule has 1 aliphatic rings. The number of rotatable bonds is 2. The van der Waals surface area contributed by atoms with Crippen molar-refractivity contribution in [1.29, 1.82) is 0 Å². The maximum absolute atomic E-state index is 10.0. The number of aliphatic hydroxyl groups is 1. The SMILES string of the molecule is CCC.CCc1cccc(C2(O)CCC2)n1. The van der Waals surface area contributed by atoms with Crippen molar-refractivity contribution in [3.63, 3.8) is 0 Å². The molecule has 0 atom stereocenters. The molecule has 1 aromatic rings. The van der Waals surface area contributed by atoms with E-state index in [0.29, 0.717) is 0 Å².